The molecular formula is C22H20N6O3S2. The van der Waals surface area contributed by atoms with Gasteiger partial charge in [-0.3, -0.25) is 4.79 Å². The molecule has 33 heavy (non-hydrogen) atoms. The van der Waals surface area contributed by atoms with Gasteiger partial charge in [0.25, 0.3) is 5.91 Å². The molecule has 4 heterocycles. The molecule has 1 amide bonds. The molecule has 1 aromatic carbocycles. The fourth-order valence-electron chi connectivity index (χ4n) is 3.61. The van der Waals surface area contributed by atoms with Gasteiger partial charge in [0.1, 0.15) is 22.9 Å². The van der Waals surface area contributed by atoms with Gasteiger partial charge in [-0.1, -0.05) is 23.9 Å². The third kappa shape index (κ3) is 4.29. The van der Waals surface area contributed by atoms with Crippen molar-refractivity contribution in [2.75, 3.05) is 12.9 Å². The van der Waals surface area contributed by atoms with Gasteiger partial charge >= 0.3 is 0 Å². The summed E-state index contributed by atoms with van der Waals surface area (Å²) in [4.78, 5) is 14.3. The molecule has 0 bridgehead atoms. The van der Waals surface area contributed by atoms with Crippen LogP contribution < -0.4 is 4.74 Å². The van der Waals surface area contributed by atoms with Gasteiger partial charge in [-0.05, 0) is 58.6 Å². The van der Waals surface area contributed by atoms with Crippen molar-refractivity contribution in [1.82, 2.24) is 25.2 Å². The fourth-order valence-corrected chi connectivity index (χ4v) is 5.16. The van der Waals surface area contributed by atoms with Crippen LogP contribution in [0, 0.1) is 6.92 Å². The van der Waals surface area contributed by atoms with Crippen LogP contribution in [0.2, 0.25) is 0 Å². The molecule has 0 saturated heterocycles. The maximum Gasteiger partial charge on any atom is 0.253 e. The normalized spacial score (nSPS) is 15.6. The van der Waals surface area contributed by atoms with Gasteiger partial charge in [-0.2, -0.15) is 9.78 Å². The molecule has 0 saturated carbocycles. The van der Waals surface area contributed by atoms with Crippen molar-refractivity contribution in [2.45, 2.75) is 24.5 Å². The Morgan fingerprint density at radius 1 is 1.30 bits per heavy atom. The van der Waals surface area contributed by atoms with E-state index in [0.717, 1.165) is 16.2 Å². The van der Waals surface area contributed by atoms with Crippen LogP contribution in [0.25, 0.3) is 5.69 Å². The van der Waals surface area contributed by atoms with Crippen molar-refractivity contribution in [3.8, 4) is 11.4 Å². The SMILES string of the molecule is COc1ccc(C)cc1-n1nnnc1SCC(=O)N1N=C(c2ccco2)CC1c1cccs1. The lowest BCUT2D eigenvalue weighted by Gasteiger charge is -2.20. The summed E-state index contributed by atoms with van der Waals surface area (Å²) in [5.74, 6) is 1.32. The predicted octanol–water partition coefficient (Wildman–Crippen LogP) is 4.10. The van der Waals surface area contributed by atoms with Gasteiger partial charge in [0.2, 0.25) is 5.16 Å². The van der Waals surface area contributed by atoms with Crippen LogP contribution >= 0.6 is 23.1 Å². The fraction of sp³-hybridized carbons (Fsp3) is 0.227. The number of tetrazole rings is 1. The van der Waals surface area contributed by atoms with E-state index in [-0.39, 0.29) is 17.7 Å². The molecule has 168 valence electrons. The highest BCUT2D eigenvalue weighted by Crippen LogP contribution is 2.36. The molecule has 1 aliphatic rings. The van der Waals surface area contributed by atoms with E-state index in [1.165, 1.54) is 11.8 Å². The van der Waals surface area contributed by atoms with Crippen LogP contribution in [-0.2, 0) is 4.79 Å². The lowest BCUT2D eigenvalue weighted by molar-refractivity contribution is -0.130. The minimum absolute atomic E-state index is 0.130. The number of benzene rings is 1. The number of carbonyl (C=O) groups is 1. The number of rotatable bonds is 7. The Morgan fingerprint density at radius 2 is 2.21 bits per heavy atom. The highest BCUT2D eigenvalue weighted by molar-refractivity contribution is 7.99. The van der Waals surface area contributed by atoms with Gasteiger partial charge in [-0.25, -0.2) is 5.01 Å². The third-order valence-electron chi connectivity index (χ3n) is 5.17. The molecule has 3 aromatic heterocycles. The Morgan fingerprint density at radius 3 is 2.97 bits per heavy atom. The first-order valence-corrected chi connectivity index (χ1v) is 12.0. The molecule has 9 nitrogen and oxygen atoms in total. The zero-order valence-electron chi connectivity index (χ0n) is 17.9. The van der Waals surface area contributed by atoms with Crippen molar-refractivity contribution >= 4 is 34.7 Å². The van der Waals surface area contributed by atoms with E-state index >= 15 is 0 Å². The topological polar surface area (TPSA) is 98.6 Å². The summed E-state index contributed by atoms with van der Waals surface area (Å²) in [5.41, 5.74) is 2.52. The van der Waals surface area contributed by atoms with Crippen LogP contribution in [0.3, 0.4) is 0 Å². The predicted molar refractivity (Wildman–Crippen MR) is 125 cm³/mol. The second kappa shape index (κ2) is 9.20. The number of thioether (sulfide) groups is 1. The Balaban J connectivity index is 1.37. The summed E-state index contributed by atoms with van der Waals surface area (Å²) in [6, 6.07) is 13.3. The average Bonchev–Trinajstić information content (AvgIpc) is 3.63. The van der Waals surface area contributed by atoms with Crippen molar-refractivity contribution in [3.05, 3.63) is 70.3 Å². The summed E-state index contributed by atoms with van der Waals surface area (Å²) in [6.45, 7) is 1.98. The van der Waals surface area contributed by atoms with E-state index in [9.17, 15) is 4.79 Å². The van der Waals surface area contributed by atoms with Crippen LogP contribution in [0.4, 0.5) is 0 Å². The maximum absolute atomic E-state index is 13.3. The number of furan rings is 1. The van der Waals surface area contributed by atoms with Crippen LogP contribution in [0.5, 0.6) is 5.75 Å². The van der Waals surface area contributed by atoms with E-state index in [2.05, 4.69) is 20.6 Å². The van der Waals surface area contributed by atoms with E-state index in [1.54, 1.807) is 34.4 Å². The lowest BCUT2D eigenvalue weighted by Crippen LogP contribution is -2.28. The van der Waals surface area contributed by atoms with Gasteiger partial charge < -0.3 is 9.15 Å². The lowest BCUT2D eigenvalue weighted by atomic mass is 10.1. The minimum Gasteiger partial charge on any atom is -0.494 e. The first kappa shape index (κ1) is 21.4. The molecule has 1 unspecified atom stereocenters. The van der Waals surface area contributed by atoms with Crippen LogP contribution in [-0.4, -0.2) is 49.7 Å². The Kier molecular flexibility index (Phi) is 5.97. The molecule has 4 aromatic rings. The molecule has 0 radical (unpaired) electrons. The standard InChI is InChI=1S/C22H20N6O3S2/c1-14-7-8-19(30-2)16(11-14)28-22(23-25-26-28)33-13-21(29)27-17(20-6-4-10-32-20)12-15(24-27)18-5-3-9-31-18/h3-11,17H,12-13H2,1-2H3. The Bertz CT molecular complexity index is 1280. The molecule has 0 spiro atoms. The van der Waals surface area contributed by atoms with E-state index < -0.39 is 0 Å². The summed E-state index contributed by atoms with van der Waals surface area (Å²) >= 11 is 2.86. The van der Waals surface area contributed by atoms with Crippen molar-refractivity contribution in [2.24, 2.45) is 5.10 Å². The number of hydrogen-bond acceptors (Lipinski definition) is 9. The second-order valence-corrected chi connectivity index (χ2v) is 9.26. The number of aromatic nitrogens is 4. The monoisotopic (exact) mass is 480 g/mol. The van der Waals surface area contributed by atoms with Gasteiger partial charge in [0.15, 0.2) is 0 Å². The zero-order chi connectivity index (χ0) is 22.8. The summed E-state index contributed by atoms with van der Waals surface area (Å²) < 4.78 is 12.6. The molecule has 0 aliphatic carbocycles. The van der Waals surface area contributed by atoms with Crippen molar-refractivity contribution in [3.63, 3.8) is 0 Å². The number of hydrogen-bond donors (Lipinski definition) is 0. The van der Waals surface area contributed by atoms with E-state index in [0.29, 0.717) is 28.8 Å². The number of amides is 1. The Hall–Kier alpha value is -3.44. The first-order chi connectivity index (χ1) is 16.1. The smallest absolute Gasteiger partial charge is 0.253 e. The van der Waals surface area contributed by atoms with Crippen LogP contribution in [0.1, 0.15) is 28.7 Å². The number of carbonyl (C=O) groups excluding carboxylic acids is 1. The summed E-state index contributed by atoms with van der Waals surface area (Å²) in [7, 11) is 1.60. The number of hydrazone groups is 1. The number of methoxy groups -OCH3 is 1. The number of ether oxygens (including phenoxy) is 1. The second-order valence-electron chi connectivity index (χ2n) is 7.33. The van der Waals surface area contributed by atoms with Gasteiger partial charge in [-0.15, -0.1) is 16.4 Å². The van der Waals surface area contributed by atoms with Gasteiger partial charge in [0.05, 0.1) is 25.2 Å². The highest BCUT2D eigenvalue weighted by atomic mass is 32.2. The molecule has 1 atom stereocenters. The van der Waals surface area contributed by atoms with Crippen molar-refractivity contribution < 1.29 is 13.9 Å². The third-order valence-corrected chi connectivity index (χ3v) is 7.05. The molecular weight excluding hydrogens is 460 g/mol. The van der Waals surface area contributed by atoms with Crippen molar-refractivity contribution in [1.29, 1.82) is 0 Å². The average molecular weight is 481 g/mol. The van der Waals surface area contributed by atoms with E-state index in [1.807, 2.05) is 54.8 Å². The number of nitrogens with zero attached hydrogens (tertiary/aromatic N) is 6. The largest absolute Gasteiger partial charge is 0.494 e. The summed E-state index contributed by atoms with van der Waals surface area (Å²) in [5, 5.41) is 20.7. The van der Waals surface area contributed by atoms with Gasteiger partial charge in [0, 0.05) is 11.3 Å². The molecule has 1 aliphatic heterocycles. The molecule has 0 fully saturated rings. The zero-order valence-corrected chi connectivity index (χ0v) is 19.5. The number of thiophene rings is 1. The molecule has 0 N–H and O–H groups in total. The first-order valence-electron chi connectivity index (χ1n) is 10.2. The highest BCUT2D eigenvalue weighted by Gasteiger charge is 2.34. The molecule has 5 rings (SSSR count). The Labute approximate surface area is 198 Å². The minimum atomic E-state index is -0.161. The quantitative estimate of drug-likeness (QED) is 0.367. The van der Waals surface area contributed by atoms with Crippen LogP contribution in [0.15, 0.2) is 68.8 Å². The maximum atomic E-state index is 13.3. The van der Waals surface area contributed by atoms with E-state index in [4.69, 9.17) is 9.15 Å². The summed E-state index contributed by atoms with van der Waals surface area (Å²) in [6.07, 6.45) is 2.21. The number of aryl methyl sites for hydroxylation is 1. The molecule has 11 heteroatoms.